The summed E-state index contributed by atoms with van der Waals surface area (Å²) in [5.41, 5.74) is 0.817. The lowest BCUT2D eigenvalue weighted by Gasteiger charge is -2.36. The van der Waals surface area contributed by atoms with Crippen LogP contribution >= 0.6 is 0 Å². The highest BCUT2D eigenvalue weighted by Gasteiger charge is 2.31. The van der Waals surface area contributed by atoms with E-state index in [-0.39, 0.29) is 17.9 Å². The molecule has 2 amide bonds. The van der Waals surface area contributed by atoms with Gasteiger partial charge in [-0.05, 0) is 30.7 Å². The van der Waals surface area contributed by atoms with Crippen LogP contribution < -0.4 is 4.90 Å². The quantitative estimate of drug-likeness (QED) is 0.562. The van der Waals surface area contributed by atoms with Crippen molar-refractivity contribution in [1.29, 1.82) is 0 Å². The van der Waals surface area contributed by atoms with E-state index >= 15 is 0 Å². The standard InChI is InChI=1S/C19H21NO5/c1-2-3-14-12-25-16(14)10-11-24-19(23)13-4-6-15(7-5-13)20-17(21)8-9-18(20)22/h4-9,14,16H,2-3,10-12H2,1H3. The maximum absolute atomic E-state index is 12.1. The largest absolute Gasteiger partial charge is 0.462 e. The summed E-state index contributed by atoms with van der Waals surface area (Å²) in [6, 6.07) is 6.23. The Kier molecular flexibility index (Phi) is 5.28. The third kappa shape index (κ3) is 3.79. The summed E-state index contributed by atoms with van der Waals surface area (Å²) in [6.07, 6.45) is 5.61. The predicted octanol–water partition coefficient (Wildman–Crippen LogP) is 2.48. The summed E-state index contributed by atoms with van der Waals surface area (Å²) < 4.78 is 10.8. The number of rotatable bonds is 7. The van der Waals surface area contributed by atoms with Crippen molar-refractivity contribution < 1.29 is 23.9 Å². The molecule has 1 fully saturated rings. The fraction of sp³-hybridized carbons (Fsp3) is 0.421. The van der Waals surface area contributed by atoms with Gasteiger partial charge in [-0.15, -0.1) is 0 Å². The second kappa shape index (κ2) is 7.61. The van der Waals surface area contributed by atoms with Crippen molar-refractivity contribution >= 4 is 23.5 Å². The number of anilines is 1. The molecule has 25 heavy (non-hydrogen) atoms. The SMILES string of the molecule is CCCC1COC1CCOC(=O)c1ccc(N2C(=O)C=CC2=O)cc1. The van der Waals surface area contributed by atoms with Gasteiger partial charge in [0.2, 0.25) is 0 Å². The first-order valence-electron chi connectivity index (χ1n) is 8.55. The Morgan fingerprint density at radius 1 is 1.16 bits per heavy atom. The minimum atomic E-state index is -0.421. The zero-order valence-corrected chi connectivity index (χ0v) is 14.1. The molecular formula is C19H21NO5. The third-order valence-electron chi connectivity index (χ3n) is 4.52. The predicted molar refractivity (Wildman–Crippen MR) is 91.1 cm³/mol. The number of hydrogen-bond donors (Lipinski definition) is 0. The summed E-state index contributed by atoms with van der Waals surface area (Å²) in [5, 5.41) is 0. The molecule has 2 aliphatic rings. The van der Waals surface area contributed by atoms with E-state index in [2.05, 4.69) is 6.92 Å². The van der Waals surface area contributed by atoms with Crippen molar-refractivity contribution in [2.24, 2.45) is 5.92 Å². The zero-order chi connectivity index (χ0) is 17.8. The Morgan fingerprint density at radius 2 is 1.84 bits per heavy atom. The van der Waals surface area contributed by atoms with Crippen LogP contribution in [0.2, 0.25) is 0 Å². The fourth-order valence-electron chi connectivity index (χ4n) is 3.08. The molecule has 6 nitrogen and oxygen atoms in total. The molecule has 1 aromatic carbocycles. The molecule has 2 unspecified atom stereocenters. The van der Waals surface area contributed by atoms with E-state index in [0.29, 0.717) is 30.2 Å². The minimum absolute atomic E-state index is 0.190. The van der Waals surface area contributed by atoms with Gasteiger partial charge >= 0.3 is 5.97 Å². The molecule has 0 aliphatic carbocycles. The molecule has 2 aliphatic heterocycles. The average molecular weight is 343 g/mol. The summed E-state index contributed by atoms with van der Waals surface area (Å²) in [7, 11) is 0. The van der Waals surface area contributed by atoms with Crippen LogP contribution in [-0.4, -0.2) is 37.1 Å². The van der Waals surface area contributed by atoms with Gasteiger partial charge in [0.25, 0.3) is 11.8 Å². The van der Waals surface area contributed by atoms with Crippen LogP contribution in [-0.2, 0) is 19.1 Å². The van der Waals surface area contributed by atoms with Crippen molar-refractivity contribution in [2.75, 3.05) is 18.1 Å². The highest BCUT2D eigenvalue weighted by Crippen LogP contribution is 2.27. The van der Waals surface area contributed by atoms with E-state index < -0.39 is 5.97 Å². The Morgan fingerprint density at radius 3 is 2.40 bits per heavy atom. The van der Waals surface area contributed by atoms with Gasteiger partial charge in [0.05, 0.1) is 30.6 Å². The molecular weight excluding hydrogens is 322 g/mol. The number of hydrogen-bond acceptors (Lipinski definition) is 5. The Labute approximate surface area is 146 Å². The summed E-state index contributed by atoms with van der Waals surface area (Å²) in [5.74, 6) is -0.618. The smallest absolute Gasteiger partial charge is 0.338 e. The maximum Gasteiger partial charge on any atom is 0.338 e. The first-order chi connectivity index (χ1) is 12.1. The second-order valence-corrected chi connectivity index (χ2v) is 6.24. The molecule has 0 radical (unpaired) electrons. The van der Waals surface area contributed by atoms with E-state index in [1.165, 1.54) is 12.2 Å². The molecule has 132 valence electrons. The summed E-state index contributed by atoms with van der Waals surface area (Å²) >= 11 is 0. The van der Waals surface area contributed by atoms with Crippen molar-refractivity contribution in [2.45, 2.75) is 32.3 Å². The van der Waals surface area contributed by atoms with Gasteiger partial charge in [-0.25, -0.2) is 9.69 Å². The van der Waals surface area contributed by atoms with Gasteiger partial charge < -0.3 is 9.47 Å². The van der Waals surface area contributed by atoms with Gasteiger partial charge in [-0.3, -0.25) is 9.59 Å². The van der Waals surface area contributed by atoms with E-state index in [9.17, 15) is 14.4 Å². The minimum Gasteiger partial charge on any atom is -0.462 e. The van der Waals surface area contributed by atoms with E-state index in [1.807, 2.05) is 0 Å². The molecule has 6 heteroatoms. The van der Waals surface area contributed by atoms with Crippen LogP contribution in [0.1, 0.15) is 36.5 Å². The normalized spacial score (nSPS) is 22.2. The van der Waals surface area contributed by atoms with E-state index in [4.69, 9.17) is 9.47 Å². The topological polar surface area (TPSA) is 72.9 Å². The molecule has 0 spiro atoms. The van der Waals surface area contributed by atoms with Crippen LogP contribution in [0.15, 0.2) is 36.4 Å². The number of amides is 2. The maximum atomic E-state index is 12.1. The molecule has 3 rings (SSSR count). The molecule has 0 aromatic heterocycles. The van der Waals surface area contributed by atoms with Crippen LogP contribution in [0, 0.1) is 5.92 Å². The molecule has 0 bridgehead atoms. The molecule has 1 saturated heterocycles. The van der Waals surface area contributed by atoms with Crippen molar-refractivity contribution in [1.82, 2.24) is 0 Å². The molecule has 1 aromatic rings. The Balaban J connectivity index is 1.49. The zero-order valence-electron chi connectivity index (χ0n) is 14.1. The Bertz CT molecular complexity index is 676. The van der Waals surface area contributed by atoms with Crippen LogP contribution in [0.25, 0.3) is 0 Å². The van der Waals surface area contributed by atoms with Gasteiger partial charge in [0.1, 0.15) is 0 Å². The first-order valence-corrected chi connectivity index (χ1v) is 8.55. The number of carbonyl (C=O) groups is 3. The highest BCUT2D eigenvalue weighted by molar-refractivity contribution is 6.28. The first kappa shape index (κ1) is 17.4. The number of esters is 1. The van der Waals surface area contributed by atoms with Crippen molar-refractivity contribution in [3.8, 4) is 0 Å². The highest BCUT2D eigenvalue weighted by atomic mass is 16.5. The summed E-state index contributed by atoms with van der Waals surface area (Å²) in [4.78, 5) is 36.4. The molecule has 2 heterocycles. The lowest BCUT2D eigenvalue weighted by molar-refractivity contribution is -0.125. The van der Waals surface area contributed by atoms with Gasteiger partial charge in [0, 0.05) is 24.5 Å². The molecule has 2 atom stereocenters. The van der Waals surface area contributed by atoms with Gasteiger partial charge in [-0.1, -0.05) is 13.3 Å². The number of imide groups is 1. The second-order valence-electron chi connectivity index (χ2n) is 6.24. The van der Waals surface area contributed by atoms with Crippen molar-refractivity contribution in [3.63, 3.8) is 0 Å². The third-order valence-corrected chi connectivity index (χ3v) is 4.52. The Hall–Kier alpha value is -2.47. The molecule has 0 N–H and O–H groups in total. The van der Waals surface area contributed by atoms with Gasteiger partial charge in [0.15, 0.2) is 0 Å². The fourth-order valence-corrected chi connectivity index (χ4v) is 3.08. The van der Waals surface area contributed by atoms with Crippen LogP contribution in [0.4, 0.5) is 5.69 Å². The number of carbonyl (C=O) groups excluding carboxylic acids is 3. The number of nitrogens with zero attached hydrogens (tertiary/aromatic N) is 1. The lowest BCUT2D eigenvalue weighted by atomic mass is 9.91. The van der Waals surface area contributed by atoms with Gasteiger partial charge in [-0.2, -0.15) is 0 Å². The number of benzene rings is 1. The van der Waals surface area contributed by atoms with E-state index in [1.54, 1.807) is 24.3 Å². The number of ether oxygens (including phenoxy) is 2. The van der Waals surface area contributed by atoms with Crippen LogP contribution in [0.3, 0.4) is 0 Å². The van der Waals surface area contributed by atoms with Crippen molar-refractivity contribution in [3.05, 3.63) is 42.0 Å². The molecule has 0 saturated carbocycles. The van der Waals surface area contributed by atoms with Crippen LogP contribution in [0.5, 0.6) is 0 Å². The monoisotopic (exact) mass is 343 g/mol. The summed E-state index contributed by atoms with van der Waals surface area (Å²) in [6.45, 7) is 3.27. The average Bonchev–Trinajstić information content (AvgIpc) is 2.94. The van der Waals surface area contributed by atoms with E-state index in [0.717, 1.165) is 24.3 Å². The lowest BCUT2D eigenvalue weighted by Crippen LogP contribution is -2.40.